The van der Waals surface area contributed by atoms with Crippen molar-refractivity contribution in [2.45, 2.75) is 63.4 Å². The molecule has 0 unspecified atom stereocenters. The first-order valence-electron chi connectivity index (χ1n) is 7.99. The molecule has 110 valence electrons. The van der Waals surface area contributed by atoms with E-state index in [0.717, 1.165) is 30.6 Å². The summed E-state index contributed by atoms with van der Waals surface area (Å²) in [5.41, 5.74) is 1.19. The quantitative estimate of drug-likeness (QED) is 0.899. The number of benzene rings is 1. The van der Waals surface area contributed by atoms with Gasteiger partial charge in [0, 0.05) is 6.42 Å². The smallest absolute Gasteiger partial charge is 0.122 e. The summed E-state index contributed by atoms with van der Waals surface area (Å²) in [7, 11) is 1.71. The summed E-state index contributed by atoms with van der Waals surface area (Å²) in [6, 6.07) is 8.08. The van der Waals surface area contributed by atoms with E-state index >= 15 is 0 Å². The van der Waals surface area contributed by atoms with Crippen LogP contribution in [-0.2, 0) is 6.42 Å². The van der Waals surface area contributed by atoms with Gasteiger partial charge < -0.3 is 9.84 Å². The molecule has 2 fully saturated rings. The average molecular weight is 274 g/mol. The third kappa shape index (κ3) is 2.71. The zero-order valence-corrected chi connectivity index (χ0v) is 12.5. The molecule has 0 atom stereocenters. The molecule has 0 heterocycles. The lowest BCUT2D eigenvalue weighted by Gasteiger charge is -2.42. The Morgan fingerprint density at radius 1 is 1.00 bits per heavy atom. The molecule has 0 radical (unpaired) electrons. The Bertz CT molecular complexity index is 450. The molecule has 1 spiro atoms. The van der Waals surface area contributed by atoms with Gasteiger partial charge in [-0.3, -0.25) is 0 Å². The van der Waals surface area contributed by atoms with Crippen molar-refractivity contribution in [3.8, 4) is 5.75 Å². The first-order chi connectivity index (χ1) is 9.65. The van der Waals surface area contributed by atoms with E-state index in [1.54, 1.807) is 7.11 Å². The lowest BCUT2D eigenvalue weighted by molar-refractivity contribution is -0.0325. The standard InChI is InChI=1S/C18H26O2/c1-20-16-7-3-2-6-15(16)14-18(19)12-10-17(11-13-18)8-4-5-9-17/h2-3,6-7,19H,4-5,8-14H2,1H3. The number of para-hydroxylation sites is 1. The normalized spacial score (nSPS) is 23.9. The Balaban J connectivity index is 1.68. The molecule has 2 nitrogen and oxygen atoms in total. The van der Waals surface area contributed by atoms with Crippen molar-refractivity contribution >= 4 is 0 Å². The van der Waals surface area contributed by atoms with E-state index in [9.17, 15) is 5.11 Å². The predicted molar refractivity (Wildman–Crippen MR) is 81.0 cm³/mol. The molecule has 0 saturated heterocycles. The third-order valence-electron chi connectivity index (χ3n) is 5.62. The fourth-order valence-electron chi connectivity index (χ4n) is 4.25. The molecule has 3 rings (SSSR count). The maximum absolute atomic E-state index is 10.9. The van der Waals surface area contributed by atoms with E-state index in [-0.39, 0.29) is 0 Å². The number of aliphatic hydroxyl groups is 1. The van der Waals surface area contributed by atoms with Crippen LogP contribution in [0.2, 0.25) is 0 Å². The van der Waals surface area contributed by atoms with Crippen molar-refractivity contribution in [2.24, 2.45) is 5.41 Å². The van der Waals surface area contributed by atoms with Gasteiger partial charge in [-0.25, -0.2) is 0 Å². The summed E-state index contributed by atoms with van der Waals surface area (Å²) in [5, 5.41) is 10.9. The fourth-order valence-corrected chi connectivity index (χ4v) is 4.25. The second kappa shape index (κ2) is 5.40. The van der Waals surface area contributed by atoms with Crippen molar-refractivity contribution in [1.82, 2.24) is 0 Å². The van der Waals surface area contributed by atoms with E-state index in [2.05, 4.69) is 6.07 Å². The Kier molecular flexibility index (Phi) is 3.76. The van der Waals surface area contributed by atoms with Crippen LogP contribution >= 0.6 is 0 Å². The van der Waals surface area contributed by atoms with E-state index in [1.165, 1.54) is 38.5 Å². The van der Waals surface area contributed by atoms with Crippen LogP contribution in [-0.4, -0.2) is 17.8 Å². The number of rotatable bonds is 3. The minimum Gasteiger partial charge on any atom is -0.496 e. The summed E-state index contributed by atoms with van der Waals surface area (Å²) < 4.78 is 5.41. The van der Waals surface area contributed by atoms with Gasteiger partial charge in [0.05, 0.1) is 12.7 Å². The highest BCUT2D eigenvalue weighted by atomic mass is 16.5. The zero-order valence-electron chi connectivity index (χ0n) is 12.5. The van der Waals surface area contributed by atoms with E-state index < -0.39 is 5.60 Å². The first kappa shape index (κ1) is 13.9. The molecule has 20 heavy (non-hydrogen) atoms. The molecule has 1 aromatic rings. The van der Waals surface area contributed by atoms with Crippen molar-refractivity contribution in [1.29, 1.82) is 0 Å². The summed E-state index contributed by atoms with van der Waals surface area (Å²) in [6.07, 6.45) is 10.6. The molecular weight excluding hydrogens is 248 g/mol. The lowest BCUT2D eigenvalue weighted by Crippen LogP contribution is -2.39. The highest BCUT2D eigenvalue weighted by Crippen LogP contribution is 2.51. The number of hydrogen-bond donors (Lipinski definition) is 1. The van der Waals surface area contributed by atoms with Crippen LogP contribution in [0.5, 0.6) is 5.75 Å². The fraction of sp³-hybridized carbons (Fsp3) is 0.667. The molecule has 0 amide bonds. The average Bonchev–Trinajstić information content (AvgIpc) is 2.92. The predicted octanol–water partition coefficient (Wildman–Crippen LogP) is 4.10. The molecular formula is C18H26O2. The zero-order chi connectivity index (χ0) is 14.1. The van der Waals surface area contributed by atoms with Gasteiger partial charge in [0.15, 0.2) is 0 Å². The van der Waals surface area contributed by atoms with E-state index in [4.69, 9.17) is 4.74 Å². The van der Waals surface area contributed by atoms with Crippen LogP contribution < -0.4 is 4.74 Å². The SMILES string of the molecule is COc1ccccc1CC1(O)CCC2(CCCC2)CC1. The number of methoxy groups -OCH3 is 1. The second-order valence-electron chi connectivity index (χ2n) is 6.92. The Hall–Kier alpha value is -1.02. The Morgan fingerprint density at radius 3 is 2.30 bits per heavy atom. The van der Waals surface area contributed by atoms with Crippen LogP contribution in [0.3, 0.4) is 0 Å². The molecule has 0 aliphatic heterocycles. The van der Waals surface area contributed by atoms with Crippen molar-refractivity contribution in [3.63, 3.8) is 0 Å². The minimum absolute atomic E-state index is 0.525. The van der Waals surface area contributed by atoms with Gasteiger partial charge in [-0.2, -0.15) is 0 Å². The van der Waals surface area contributed by atoms with E-state index in [1.807, 2.05) is 18.2 Å². The molecule has 0 aromatic heterocycles. The molecule has 1 aromatic carbocycles. The number of ether oxygens (including phenoxy) is 1. The molecule has 2 aliphatic carbocycles. The highest BCUT2D eigenvalue weighted by Gasteiger charge is 2.43. The summed E-state index contributed by atoms with van der Waals surface area (Å²) in [4.78, 5) is 0. The van der Waals surface area contributed by atoms with Gasteiger partial charge in [-0.15, -0.1) is 0 Å². The van der Waals surface area contributed by atoms with Crippen molar-refractivity contribution in [3.05, 3.63) is 29.8 Å². The van der Waals surface area contributed by atoms with Crippen molar-refractivity contribution in [2.75, 3.05) is 7.11 Å². The van der Waals surface area contributed by atoms with Crippen LogP contribution in [0.4, 0.5) is 0 Å². The maximum Gasteiger partial charge on any atom is 0.122 e. The maximum atomic E-state index is 10.9. The minimum atomic E-state index is -0.525. The summed E-state index contributed by atoms with van der Waals surface area (Å²) in [5.74, 6) is 0.905. The van der Waals surface area contributed by atoms with Gasteiger partial charge in [0.2, 0.25) is 0 Å². The van der Waals surface area contributed by atoms with Gasteiger partial charge >= 0.3 is 0 Å². The molecule has 2 heteroatoms. The highest BCUT2D eigenvalue weighted by molar-refractivity contribution is 5.34. The Labute approximate surface area is 122 Å². The van der Waals surface area contributed by atoms with Gasteiger partial charge in [-0.05, 0) is 55.6 Å². The summed E-state index contributed by atoms with van der Waals surface area (Å²) >= 11 is 0. The topological polar surface area (TPSA) is 29.5 Å². The second-order valence-corrected chi connectivity index (χ2v) is 6.92. The lowest BCUT2D eigenvalue weighted by atomic mass is 9.66. The first-order valence-corrected chi connectivity index (χ1v) is 7.99. The largest absolute Gasteiger partial charge is 0.496 e. The molecule has 2 aliphatic rings. The molecule has 1 N–H and O–H groups in total. The molecule has 2 saturated carbocycles. The van der Waals surface area contributed by atoms with Crippen molar-refractivity contribution < 1.29 is 9.84 Å². The summed E-state index contributed by atoms with van der Waals surface area (Å²) in [6.45, 7) is 0. The Morgan fingerprint density at radius 2 is 1.65 bits per heavy atom. The van der Waals surface area contributed by atoms with Gasteiger partial charge in [-0.1, -0.05) is 31.0 Å². The number of hydrogen-bond acceptors (Lipinski definition) is 2. The van der Waals surface area contributed by atoms with Crippen LogP contribution in [0.15, 0.2) is 24.3 Å². The van der Waals surface area contributed by atoms with E-state index in [0.29, 0.717) is 5.41 Å². The van der Waals surface area contributed by atoms with Crippen LogP contribution in [0, 0.1) is 5.41 Å². The van der Waals surface area contributed by atoms with Gasteiger partial charge in [0.1, 0.15) is 5.75 Å². The van der Waals surface area contributed by atoms with Gasteiger partial charge in [0.25, 0.3) is 0 Å². The third-order valence-corrected chi connectivity index (χ3v) is 5.62. The molecule has 0 bridgehead atoms. The van der Waals surface area contributed by atoms with Crippen LogP contribution in [0.1, 0.15) is 56.9 Å². The van der Waals surface area contributed by atoms with Crippen LogP contribution in [0.25, 0.3) is 0 Å². The monoisotopic (exact) mass is 274 g/mol.